The maximum absolute atomic E-state index is 6.60. The third-order valence-electron chi connectivity index (χ3n) is 5.71. The molecule has 0 radical (unpaired) electrons. The number of halogens is 1. The van der Waals surface area contributed by atoms with E-state index in [2.05, 4.69) is 59.2 Å². The van der Waals surface area contributed by atoms with E-state index in [4.69, 9.17) is 11.6 Å². The van der Waals surface area contributed by atoms with Gasteiger partial charge in [0.25, 0.3) is 0 Å². The van der Waals surface area contributed by atoms with E-state index in [1.165, 1.54) is 37.1 Å². The van der Waals surface area contributed by atoms with Crippen molar-refractivity contribution in [1.29, 1.82) is 0 Å². The number of nitrogens with one attached hydrogen (secondary N) is 2. The van der Waals surface area contributed by atoms with Crippen LogP contribution in [0.5, 0.6) is 0 Å². The number of hydrazine groups is 1. The smallest absolute Gasteiger partial charge is 0.0716 e. The molecule has 0 bridgehead atoms. The van der Waals surface area contributed by atoms with Crippen LogP contribution in [-0.4, -0.2) is 24.6 Å². The van der Waals surface area contributed by atoms with Crippen LogP contribution in [0.1, 0.15) is 24.0 Å². The molecular weight excluding hydrogens is 378 g/mol. The second-order valence-electron chi connectivity index (χ2n) is 7.71. The molecule has 0 aliphatic carbocycles. The van der Waals surface area contributed by atoms with Gasteiger partial charge in [-0.2, -0.15) is 0 Å². The fraction of sp³-hybridized carbons (Fsp3) is 0.280. The van der Waals surface area contributed by atoms with Gasteiger partial charge in [0.2, 0.25) is 0 Å². The van der Waals surface area contributed by atoms with E-state index in [9.17, 15) is 0 Å². The lowest BCUT2D eigenvalue weighted by Crippen LogP contribution is -2.36. The van der Waals surface area contributed by atoms with Crippen molar-refractivity contribution in [1.82, 2.24) is 10.4 Å². The summed E-state index contributed by atoms with van der Waals surface area (Å²) in [5.74, 6) is 0. The molecule has 2 N–H and O–H groups in total. The summed E-state index contributed by atoms with van der Waals surface area (Å²) in [4.78, 5) is 0. The van der Waals surface area contributed by atoms with E-state index in [0.29, 0.717) is 11.6 Å². The molecule has 150 valence electrons. The molecular formula is C25H28ClN3. The Labute approximate surface area is 177 Å². The van der Waals surface area contributed by atoms with Crippen LogP contribution in [0.3, 0.4) is 0 Å². The molecule has 0 saturated carbocycles. The second kappa shape index (κ2) is 9.00. The van der Waals surface area contributed by atoms with E-state index >= 15 is 0 Å². The van der Waals surface area contributed by atoms with E-state index < -0.39 is 0 Å². The summed E-state index contributed by atoms with van der Waals surface area (Å²) in [5, 5.41) is 10.4. The lowest BCUT2D eigenvalue weighted by molar-refractivity contribution is 0.238. The quantitative estimate of drug-likeness (QED) is 0.620. The summed E-state index contributed by atoms with van der Waals surface area (Å²) in [5.41, 5.74) is 6.95. The zero-order valence-electron chi connectivity index (χ0n) is 16.8. The van der Waals surface area contributed by atoms with Gasteiger partial charge in [0.05, 0.1) is 10.7 Å². The first kappa shape index (κ1) is 20.0. The lowest BCUT2D eigenvalue weighted by Gasteiger charge is -2.16. The SMILES string of the molecule is C=c1c(Cl)c(NCc2ccc(CCNN3CCCC3)cc2)c(=C)c2ccccc12. The first-order valence-corrected chi connectivity index (χ1v) is 10.7. The highest BCUT2D eigenvalue weighted by Crippen LogP contribution is 2.19. The van der Waals surface area contributed by atoms with Crippen LogP contribution in [0.25, 0.3) is 23.9 Å². The number of fused-ring (bicyclic) bond motifs is 1. The topological polar surface area (TPSA) is 27.3 Å². The number of hydrogen-bond acceptors (Lipinski definition) is 3. The Morgan fingerprint density at radius 2 is 1.48 bits per heavy atom. The Hall–Kier alpha value is -2.33. The molecule has 29 heavy (non-hydrogen) atoms. The van der Waals surface area contributed by atoms with E-state index in [-0.39, 0.29) is 0 Å². The first-order chi connectivity index (χ1) is 14.1. The maximum Gasteiger partial charge on any atom is 0.0716 e. The standard InChI is InChI=1S/C25H28ClN3/c1-18-22-7-3-4-8-23(22)19(2)25(24(18)26)27-17-21-11-9-20(10-12-21)13-14-28-29-15-5-6-16-29/h3-4,7-12,27-28H,1-2,5-6,13-17H2. The van der Waals surface area contributed by atoms with Gasteiger partial charge in [-0.1, -0.05) is 73.3 Å². The highest BCUT2D eigenvalue weighted by atomic mass is 35.5. The zero-order chi connectivity index (χ0) is 20.2. The Morgan fingerprint density at radius 1 is 0.862 bits per heavy atom. The minimum Gasteiger partial charge on any atom is -0.379 e. The van der Waals surface area contributed by atoms with E-state index in [1.807, 2.05) is 18.2 Å². The van der Waals surface area contributed by atoms with Gasteiger partial charge in [-0.3, -0.25) is 5.43 Å². The molecule has 3 aromatic rings. The summed E-state index contributed by atoms with van der Waals surface area (Å²) in [7, 11) is 0. The molecule has 0 amide bonds. The van der Waals surface area contributed by atoms with E-state index in [0.717, 1.165) is 39.9 Å². The second-order valence-corrected chi connectivity index (χ2v) is 8.09. The minimum absolute atomic E-state index is 0.651. The number of nitrogens with zero attached hydrogens (tertiary/aromatic N) is 1. The largest absolute Gasteiger partial charge is 0.379 e. The molecule has 1 fully saturated rings. The Balaban J connectivity index is 1.40. The predicted molar refractivity (Wildman–Crippen MR) is 126 cm³/mol. The fourth-order valence-electron chi connectivity index (χ4n) is 3.98. The zero-order valence-corrected chi connectivity index (χ0v) is 17.6. The van der Waals surface area contributed by atoms with E-state index in [1.54, 1.807) is 0 Å². The van der Waals surface area contributed by atoms with Crippen molar-refractivity contribution in [2.45, 2.75) is 25.8 Å². The van der Waals surface area contributed by atoms with Gasteiger partial charge in [-0.05, 0) is 51.6 Å². The Bertz CT molecular complexity index is 1090. The van der Waals surface area contributed by atoms with Gasteiger partial charge in [0, 0.05) is 26.2 Å². The predicted octanol–water partition coefficient (Wildman–Crippen LogP) is 4.07. The van der Waals surface area contributed by atoms with Crippen molar-refractivity contribution in [2.24, 2.45) is 0 Å². The third kappa shape index (κ3) is 4.48. The Kier molecular flexibility index (Phi) is 6.19. The highest BCUT2D eigenvalue weighted by Gasteiger charge is 2.10. The summed E-state index contributed by atoms with van der Waals surface area (Å²) >= 11 is 6.60. The van der Waals surface area contributed by atoms with Crippen molar-refractivity contribution in [3.63, 3.8) is 0 Å². The average molecular weight is 406 g/mol. The number of anilines is 1. The first-order valence-electron chi connectivity index (χ1n) is 10.3. The average Bonchev–Trinajstić information content (AvgIpc) is 3.27. The molecule has 4 rings (SSSR count). The molecule has 1 heterocycles. The molecule has 4 heteroatoms. The van der Waals surface area contributed by atoms with Crippen molar-refractivity contribution in [2.75, 3.05) is 25.0 Å². The van der Waals surface area contributed by atoms with Crippen LogP contribution in [-0.2, 0) is 13.0 Å². The van der Waals surface area contributed by atoms with Gasteiger partial charge in [-0.15, -0.1) is 0 Å². The minimum atomic E-state index is 0.651. The number of hydrogen-bond donors (Lipinski definition) is 2. The molecule has 1 aliphatic rings. The van der Waals surface area contributed by atoms with Crippen LogP contribution >= 0.6 is 11.6 Å². The monoisotopic (exact) mass is 405 g/mol. The summed E-state index contributed by atoms with van der Waals surface area (Å²) in [6.45, 7) is 12.5. The van der Waals surface area contributed by atoms with Crippen LogP contribution in [0, 0.1) is 0 Å². The summed E-state index contributed by atoms with van der Waals surface area (Å²) in [6.07, 6.45) is 3.65. The van der Waals surface area contributed by atoms with Crippen LogP contribution in [0.4, 0.5) is 5.69 Å². The van der Waals surface area contributed by atoms with Crippen molar-refractivity contribution in [3.8, 4) is 0 Å². The van der Waals surface area contributed by atoms with Gasteiger partial charge in [0.15, 0.2) is 0 Å². The molecule has 3 nitrogen and oxygen atoms in total. The van der Waals surface area contributed by atoms with Gasteiger partial charge < -0.3 is 5.32 Å². The van der Waals surface area contributed by atoms with Crippen LogP contribution in [0.2, 0.25) is 5.02 Å². The van der Waals surface area contributed by atoms with Crippen molar-refractivity contribution in [3.05, 3.63) is 75.1 Å². The summed E-state index contributed by atoms with van der Waals surface area (Å²) in [6, 6.07) is 16.9. The fourth-order valence-corrected chi connectivity index (χ4v) is 4.26. The van der Waals surface area contributed by atoms with Crippen molar-refractivity contribution >= 4 is 41.2 Å². The van der Waals surface area contributed by atoms with Crippen molar-refractivity contribution < 1.29 is 0 Å². The molecule has 0 atom stereocenters. The number of benzene rings is 3. The van der Waals surface area contributed by atoms with Crippen LogP contribution < -0.4 is 21.2 Å². The normalized spacial score (nSPS) is 14.5. The Morgan fingerprint density at radius 3 is 2.17 bits per heavy atom. The molecule has 0 spiro atoms. The molecule has 0 aromatic heterocycles. The van der Waals surface area contributed by atoms with Crippen LogP contribution in [0.15, 0.2) is 48.5 Å². The summed E-state index contributed by atoms with van der Waals surface area (Å²) < 4.78 is 0. The molecule has 3 aromatic carbocycles. The number of rotatable bonds is 7. The molecule has 1 aliphatic heterocycles. The third-order valence-corrected chi connectivity index (χ3v) is 6.13. The van der Waals surface area contributed by atoms with Gasteiger partial charge in [-0.25, -0.2) is 5.01 Å². The molecule has 0 unspecified atom stereocenters. The highest BCUT2D eigenvalue weighted by molar-refractivity contribution is 6.34. The maximum atomic E-state index is 6.60. The van der Waals surface area contributed by atoms with Gasteiger partial charge in [0.1, 0.15) is 0 Å². The lowest BCUT2D eigenvalue weighted by atomic mass is 10.0. The van der Waals surface area contributed by atoms with Gasteiger partial charge >= 0.3 is 0 Å². The molecule has 1 saturated heterocycles.